The van der Waals surface area contributed by atoms with E-state index in [1.54, 1.807) is 24.1 Å². The topological polar surface area (TPSA) is 61.4 Å². The van der Waals surface area contributed by atoms with Gasteiger partial charge < -0.3 is 5.32 Å². The summed E-state index contributed by atoms with van der Waals surface area (Å²) in [6.45, 7) is 2.36. The third-order valence-electron chi connectivity index (χ3n) is 3.66. The maximum absolute atomic E-state index is 13.0. The Morgan fingerprint density at radius 2 is 1.96 bits per heavy atom. The van der Waals surface area contributed by atoms with Crippen molar-refractivity contribution in [1.29, 1.82) is 0 Å². The molecular weight excluding hydrogens is 329 g/mol. The van der Waals surface area contributed by atoms with Gasteiger partial charge in [0, 0.05) is 10.9 Å². The maximum Gasteiger partial charge on any atom is 0.321 e. The number of halogens is 1. The first-order valence-corrected chi connectivity index (χ1v) is 8.39. The van der Waals surface area contributed by atoms with Gasteiger partial charge in [-0.25, -0.2) is 9.18 Å². The van der Waals surface area contributed by atoms with Crippen molar-refractivity contribution in [2.75, 3.05) is 13.6 Å². The SMILES string of the molecule is C[C@@H](c1ccc(F)cc1)N(C)CC(=O)NC(=O)NCc1cccs1. The van der Waals surface area contributed by atoms with E-state index in [1.807, 2.05) is 24.4 Å². The van der Waals surface area contributed by atoms with Crippen LogP contribution in [0.25, 0.3) is 0 Å². The molecule has 2 aromatic rings. The third-order valence-corrected chi connectivity index (χ3v) is 4.54. The number of nitrogens with zero attached hydrogens (tertiary/aromatic N) is 1. The molecule has 3 amide bonds. The van der Waals surface area contributed by atoms with Crippen LogP contribution in [0.2, 0.25) is 0 Å². The predicted molar refractivity (Wildman–Crippen MR) is 92.1 cm³/mol. The molecule has 2 rings (SSSR count). The molecule has 1 atom stereocenters. The molecule has 2 N–H and O–H groups in total. The molecule has 0 saturated carbocycles. The van der Waals surface area contributed by atoms with Crippen molar-refractivity contribution in [3.63, 3.8) is 0 Å². The van der Waals surface area contributed by atoms with E-state index in [2.05, 4.69) is 10.6 Å². The van der Waals surface area contributed by atoms with Crippen LogP contribution in [0.3, 0.4) is 0 Å². The van der Waals surface area contributed by atoms with Gasteiger partial charge in [0.25, 0.3) is 0 Å². The van der Waals surface area contributed by atoms with Crippen molar-refractivity contribution in [1.82, 2.24) is 15.5 Å². The Bertz CT molecular complexity index is 674. The number of amides is 3. The summed E-state index contributed by atoms with van der Waals surface area (Å²) in [5.74, 6) is -0.691. The summed E-state index contributed by atoms with van der Waals surface area (Å²) in [5, 5.41) is 6.86. The fraction of sp³-hybridized carbons (Fsp3) is 0.294. The van der Waals surface area contributed by atoms with E-state index >= 15 is 0 Å². The molecule has 0 fully saturated rings. The fourth-order valence-electron chi connectivity index (χ4n) is 2.15. The third kappa shape index (κ3) is 5.43. The summed E-state index contributed by atoms with van der Waals surface area (Å²) in [7, 11) is 1.77. The number of benzene rings is 1. The van der Waals surface area contributed by atoms with Crippen LogP contribution in [0.15, 0.2) is 41.8 Å². The van der Waals surface area contributed by atoms with Gasteiger partial charge in [0.15, 0.2) is 0 Å². The molecule has 0 unspecified atom stereocenters. The zero-order valence-corrected chi connectivity index (χ0v) is 14.4. The Morgan fingerprint density at radius 3 is 2.58 bits per heavy atom. The lowest BCUT2D eigenvalue weighted by Gasteiger charge is -2.24. The van der Waals surface area contributed by atoms with Crippen molar-refractivity contribution >= 4 is 23.3 Å². The molecule has 5 nitrogen and oxygen atoms in total. The number of likely N-dealkylation sites (N-methyl/N-ethyl adjacent to an activating group) is 1. The predicted octanol–water partition coefficient (Wildman–Crippen LogP) is 2.91. The van der Waals surface area contributed by atoms with Crippen LogP contribution in [0.1, 0.15) is 23.4 Å². The van der Waals surface area contributed by atoms with E-state index in [0.717, 1.165) is 10.4 Å². The van der Waals surface area contributed by atoms with Gasteiger partial charge in [-0.1, -0.05) is 18.2 Å². The Labute approximate surface area is 144 Å². The largest absolute Gasteiger partial charge is 0.333 e. The van der Waals surface area contributed by atoms with Crippen LogP contribution in [0.5, 0.6) is 0 Å². The number of urea groups is 1. The molecule has 1 heterocycles. The van der Waals surface area contributed by atoms with Crippen LogP contribution >= 0.6 is 11.3 Å². The van der Waals surface area contributed by atoms with Crippen molar-refractivity contribution in [2.45, 2.75) is 19.5 Å². The molecule has 1 aromatic heterocycles. The summed E-state index contributed by atoms with van der Waals surface area (Å²) in [6.07, 6.45) is 0. The highest BCUT2D eigenvalue weighted by Crippen LogP contribution is 2.18. The van der Waals surface area contributed by atoms with Gasteiger partial charge in [-0.2, -0.15) is 0 Å². The van der Waals surface area contributed by atoms with Crippen LogP contribution < -0.4 is 10.6 Å². The quantitative estimate of drug-likeness (QED) is 0.843. The first-order valence-electron chi connectivity index (χ1n) is 7.51. The van der Waals surface area contributed by atoms with Crippen molar-refractivity contribution < 1.29 is 14.0 Å². The molecular formula is C17H20FN3O2S. The van der Waals surface area contributed by atoms with Gasteiger partial charge in [0.2, 0.25) is 5.91 Å². The van der Waals surface area contributed by atoms with Crippen molar-refractivity contribution in [3.05, 3.63) is 58.0 Å². The van der Waals surface area contributed by atoms with Gasteiger partial charge in [0.1, 0.15) is 5.82 Å². The fourth-order valence-corrected chi connectivity index (χ4v) is 2.79. The first kappa shape index (κ1) is 18.1. The number of carbonyl (C=O) groups is 2. The second kappa shape index (κ2) is 8.56. The second-order valence-electron chi connectivity index (χ2n) is 5.45. The Kier molecular flexibility index (Phi) is 6.45. The summed E-state index contributed by atoms with van der Waals surface area (Å²) in [4.78, 5) is 26.5. The van der Waals surface area contributed by atoms with E-state index in [1.165, 1.54) is 23.5 Å². The molecule has 0 spiro atoms. The molecule has 0 aliphatic heterocycles. The number of rotatable bonds is 6. The minimum Gasteiger partial charge on any atom is -0.333 e. The summed E-state index contributed by atoms with van der Waals surface area (Å²) < 4.78 is 13.0. The Balaban J connectivity index is 1.78. The molecule has 24 heavy (non-hydrogen) atoms. The minimum absolute atomic E-state index is 0.0605. The van der Waals surface area contributed by atoms with E-state index in [4.69, 9.17) is 0 Å². The van der Waals surface area contributed by atoms with E-state index in [0.29, 0.717) is 6.54 Å². The van der Waals surface area contributed by atoms with E-state index < -0.39 is 11.9 Å². The average molecular weight is 349 g/mol. The zero-order valence-electron chi connectivity index (χ0n) is 13.6. The van der Waals surface area contributed by atoms with E-state index in [9.17, 15) is 14.0 Å². The molecule has 0 aliphatic rings. The number of carbonyl (C=O) groups excluding carboxylic acids is 2. The number of thiophene rings is 1. The number of imide groups is 1. The van der Waals surface area contributed by atoms with Gasteiger partial charge in [-0.05, 0) is 43.1 Å². The lowest BCUT2D eigenvalue weighted by molar-refractivity contribution is -0.121. The lowest BCUT2D eigenvalue weighted by Crippen LogP contribution is -2.43. The Morgan fingerprint density at radius 1 is 1.25 bits per heavy atom. The minimum atomic E-state index is -0.517. The first-order chi connectivity index (χ1) is 11.5. The number of hydrogen-bond donors (Lipinski definition) is 2. The summed E-state index contributed by atoms with van der Waals surface area (Å²) >= 11 is 1.53. The number of hydrogen-bond acceptors (Lipinski definition) is 4. The van der Waals surface area contributed by atoms with Gasteiger partial charge >= 0.3 is 6.03 Å². The zero-order chi connectivity index (χ0) is 17.5. The molecule has 0 bridgehead atoms. The van der Waals surface area contributed by atoms with Crippen molar-refractivity contribution in [2.24, 2.45) is 0 Å². The van der Waals surface area contributed by atoms with Crippen LogP contribution in [0, 0.1) is 5.82 Å². The van der Waals surface area contributed by atoms with Gasteiger partial charge in [-0.15, -0.1) is 11.3 Å². The lowest BCUT2D eigenvalue weighted by atomic mass is 10.1. The highest BCUT2D eigenvalue weighted by Gasteiger charge is 2.16. The molecule has 0 aliphatic carbocycles. The summed E-state index contributed by atoms with van der Waals surface area (Å²) in [5.41, 5.74) is 0.897. The molecule has 0 radical (unpaired) electrons. The van der Waals surface area contributed by atoms with Crippen LogP contribution in [-0.2, 0) is 11.3 Å². The summed E-state index contributed by atoms with van der Waals surface area (Å²) in [6, 6.07) is 9.35. The van der Waals surface area contributed by atoms with Gasteiger partial charge in [0.05, 0.1) is 13.1 Å². The molecule has 1 aromatic carbocycles. The van der Waals surface area contributed by atoms with Crippen LogP contribution in [-0.4, -0.2) is 30.4 Å². The monoisotopic (exact) mass is 349 g/mol. The maximum atomic E-state index is 13.0. The molecule has 128 valence electrons. The number of nitrogens with one attached hydrogen (secondary N) is 2. The highest BCUT2D eigenvalue weighted by molar-refractivity contribution is 7.09. The Hall–Kier alpha value is -2.25. The molecule has 0 saturated heterocycles. The van der Waals surface area contributed by atoms with Crippen LogP contribution in [0.4, 0.5) is 9.18 Å². The highest BCUT2D eigenvalue weighted by atomic mass is 32.1. The van der Waals surface area contributed by atoms with E-state index in [-0.39, 0.29) is 18.4 Å². The van der Waals surface area contributed by atoms with Gasteiger partial charge in [-0.3, -0.25) is 15.0 Å². The molecule has 7 heteroatoms. The van der Waals surface area contributed by atoms with Crippen molar-refractivity contribution in [3.8, 4) is 0 Å². The average Bonchev–Trinajstić information content (AvgIpc) is 3.06. The standard InChI is InChI=1S/C17H20FN3O2S/c1-12(13-5-7-14(18)8-6-13)21(2)11-16(22)20-17(23)19-10-15-4-3-9-24-15/h3-9,12H,10-11H2,1-2H3,(H2,19,20,22,23)/t12-/m0/s1. The smallest absolute Gasteiger partial charge is 0.321 e. The normalized spacial score (nSPS) is 12.0. The second-order valence-corrected chi connectivity index (χ2v) is 6.49.